The predicted octanol–water partition coefficient (Wildman–Crippen LogP) is 4.38. The van der Waals surface area contributed by atoms with Crippen LogP contribution in [0.1, 0.15) is 37.1 Å². The van der Waals surface area contributed by atoms with Gasteiger partial charge >= 0.3 is 0 Å². The molecule has 0 atom stereocenters. The van der Waals surface area contributed by atoms with Crippen LogP contribution in [0.2, 0.25) is 0 Å². The standard InChI is InChI=1S/C13H18OS2/c1-3-4-6-12-8-10-16-13(12)7-5-9-15-11(2)14/h5,7-8,10H,3-4,6,9H2,1-2H3. The van der Waals surface area contributed by atoms with Gasteiger partial charge in [0.05, 0.1) is 0 Å². The molecule has 0 aliphatic carbocycles. The Morgan fingerprint density at radius 2 is 2.38 bits per heavy atom. The van der Waals surface area contributed by atoms with E-state index in [1.165, 1.54) is 41.5 Å². The van der Waals surface area contributed by atoms with Crippen molar-refractivity contribution in [1.82, 2.24) is 0 Å². The summed E-state index contributed by atoms with van der Waals surface area (Å²) in [6, 6.07) is 2.21. The van der Waals surface area contributed by atoms with Gasteiger partial charge in [-0.15, -0.1) is 11.3 Å². The third-order valence-electron chi connectivity index (χ3n) is 2.23. The maximum absolute atomic E-state index is 10.7. The first-order valence-electron chi connectivity index (χ1n) is 5.60. The molecule has 16 heavy (non-hydrogen) atoms. The van der Waals surface area contributed by atoms with E-state index < -0.39 is 0 Å². The topological polar surface area (TPSA) is 17.1 Å². The van der Waals surface area contributed by atoms with Crippen LogP contribution >= 0.6 is 23.1 Å². The van der Waals surface area contributed by atoms with E-state index in [4.69, 9.17) is 0 Å². The molecule has 0 bridgehead atoms. The van der Waals surface area contributed by atoms with Crippen molar-refractivity contribution in [3.63, 3.8) is 0 Å². The lowest BCUT2D eigenvalue weighted by Gasteiger charge is -1.97. The fourth-order valence-corrected chi connectivity index (χ4v) is 2.69. The van der Waals surface area contributed by atoms with Crippen molar-refractivity contribution >= 4 is 34.3 Å². The number of unbranched alkanes of at least 4 members (excludes halogenated alkanes) is 1. The molecule has 0 radical (unpaired) electrons. The minimum atomic E-state index is 0.182. The Morgan fingerprint density at radius 1 is 1.56 bits per heavy atom. The summed E-state index contributed by atoms with van der Waals surface area (Å²) >= 11 is 3.13. The van der Waals surface area contributed by atoms with E-state index in [0.717, 1.165) is 5.75 Å². The van der Waals surface area contributed by atoms with Gasteiger partial charge in [-0.1, -0.05) is 31.2 Å². The van der Waals surface area contributed by atoms with Gasteiger partial charge < -0.3 is 0 Å². The van der Waals surface area contributed by atoms with E-state index in [1.807, 2.05) is 0 Å². The van der Waals surface area contributed by atoms with Gasteiger partial charge in [-0.3, -0.25) is 4.79 Å². The molecule has 1 rings (SSSR count). The third kappa shape index (κ3) is 4.99. The predicted molar refractivity (Wildman–Crippen MR) is 75.1 cm³/mol. The zero-order valence-corrected chi connectivity index (χ0v) is 11.5. The maximum atomic E-state index is 10.7. The molecule has 0 aromatic carbocycles. The molecule has 88 valence electrons. The highest BCUT2D eigenvalue weighted by Crippen LogP contribution is 2.20. The van der Waals surface area contributed by atoms with Gasteiger partial charge in [0.2, 0.25) is 0 Å². The van der Waals surface area contributed by atoms with Crippen molar-refractivity contribution in [1.29, 1.82) is 0 Å². The lowest BCUT2D eigenvalue weighted by atomic mass is 10.1. The van der Waals surface area contributed by atoms with E-state index in [-0.39, 0.29) is 5.12 Å². The first-order valence-corrected chi connectivity index (χ1v) is 7.46. The first kappa shape index (κ1) is 13.5. The first-order chi connectivity index (χ1) is 7.74. The monoisotopic (exact) mass is 254 g/mol. The molecular weight excluding hydrogens is 236 g/mol. The van der Waals surface area contributed by atoms with Crippen LogP contribution in [0.5, 0.6) is 0 Å². The Bertz CT molecular complexity index is 353. The quantitative estimate of drug-likeness (QED) is 0.749. The van der Waals surface area contributed by atoms with E-state index in [9.17, 15) is 4.79 Å². The average Bonchev–Trinajstić information content (AvgIpc) is 2.69. The Balaban J connectivity index is 2.46. The summed E-state index contributed by atoms with van der Waals surface area (Å²) in [5.41, 5.74) is 1.44. The molecule has 0 fully saturated rings. The van der Waals surface area contributed by atoms with Crippen LogP contribution < -0.4 is 0 Å². The molecule has 0 saturated carbocycles. The summed E-state index contributed by atoms with van der Waals surface area (Å²) < 4.78 is 0. The van der Waals surface area contributed by atoms with Crippen LogP contribution in [0.4, 0.5) is 0 Å². The van der Waals surface area contributed by atoms with Gasteiger partial charge in [-0.2, -0.15) is 0 Å². The fourth-order valence-electron chi connectivity index (χ4n) is 1.39. The molecule has 1 nitrogen and oxygen atoms in total. The molecule has 1 aromatic rings. The van der Waals surface area contributed by atoms with Crippen molar-refractivity contribution in [2.24, 2.45) is 0 Å². The molecule has 0 aliphatic heterocycles. The Morgan fingerprint density at radius 3 is 3.06 bits per heavy atom. The minimum absolute atomic E-state index is 0.182. The summed E-state index contributed by atoms with van der Waals surface area (Å²) in [5, 5.41) is 2.32. The third-order valence-corrected chi connectivity index (χ3v) is 3.92. The van der Waals surface area contributed by atoms with Crippen molar-refractivity contribution in [3.8, 4) is 0 Å². The minimum Gasteiger partial charge on any atom is -0.288 e. The summed E-state index contributed by atoms with van der Waals surface area (Å²) in [4.78, 5) is 12.1. The van der Waals surface area contributed by atoms with Crippen molar-refractivity contribution in [2.75, 3.05) is 5.75 Å². The van der Waals surface area contributed by atoms with Gasteiger partial charge in [0.1, 0.15) is 0 Å². The number of thioether (sulfide) groups is 1. The Labute approximate surface area is 106 Å². The van der Waals surface area contributed by atoms with Gasteiger partial charge in [0, 0.05) is 17.6 Å². The molecule has 0 amide bonds. The van der Waals surface area contributed by atoms with E-state index >= 15 is 0 Å². The molecule has 0 unspecified atom stereocenters. The lowest BCUT2D eigenvalue weighted by Crippen LogP contribution is -1.84. The van der Waals surface area contributed by atoms with Gasteiger partial charge in [0.15, 0.2) is 5.12 Å². The van der Waals surface area contributed by atoms with Crippen molar-refractivity contribution in [3.05, 3.63) is 28.0 Å². The van der Waals surface area contributed by atoms with Crippen LogP contribution in [-0.4, -0.2) is 10.9 Å². The second-order valence-corrected chi connectivity index (χ2v) is 5.76. The van der Waals surface area contributed by atoms with E-state index in [2.05, 4.69) is 30.5 Å². The smallest absolute Gasteiger partial charge is 0.186 e. The van der Waals surface area contributed by atoms with Gasteiger partial charge in [-0.05, 0) is 35.9 Å². The van der Waals surface area contributed by atoms with Crippen LogP contribution in [-0.2, 0) is 11.2 Å². The highest BCUT2D eigenvalue weighted by atomic mass is 32.2. The molecular formula is C13H18OS2. The second-order valence-electron chi connectivity index (χ2n) is 3.62. The highest BCUT2D eigenvalue weighted by Gasteiger charge is 2.00. The zero-order chi connectivity index (χ0) is 11.8. The average molecular weight is 254 g/mol. The molecule has 3 heteroatoms. The molecule has 0 saturated heterocycles. The number of rotatable bonds is 6. The van der Waals surface area contributed by atoms with Crippen LogP contribution in [0.15, 0.2) is 17.5 Å². The fraction of sp³-hybridized carbons (Fsp3) is 0.462. The number of carbonyl (C=O) groups is 1. The molecule has 1 aromatic heterocycles. The summed E-state index contributed by atoms with van der Waals surface area (Å²) in [6.07, 6.45) is 7.87. The van der Waals surface area contributed by atoms with Gasteiger partial charge in [-0.25, -0.2) is 0 Å². The van der Waals surface area contributed by atoms with Crippen LogP contribution in [0, 0.1) is 0 Å². The largest absolute Gasteiger partial charge is 0.288 e. The number of carbonyl (C=O) groups excluding carboxylic acids is 1. The van der Waals surface area contributed by atoms with E-state index in [0.29, 0.717) is 0 Å². The van der Waals surface area contributed by atoms with Crippen molar-refractivity contribution < 1.29 is 4.79 Å². The van der Waals surface area contributed by atoms with Crippen molar-refractivity contribution in [2.45, 2.75) is 33.1 Å². The summed E-state index contributed by atoms with van der Waals surface area (Å²) in [7, 11) is 0. The Hall–Kier alpha value is -0.540. The number of thiophene rings is 1. The summed E-state index contributed by atoms with van der Waals surface area (Å²) in [6.45, 7) is 3.82. The lowest BCUT2D eigenvalue weighted by molar-refractivity contribution is -0.109. The molecule has 0 N–H and O–H groups in total. The Kier molecular flexibility index (Phi) is 6.50. The normalized spacial score (nSPS) is 11.1. The second kappa shape index (κ2) is 7.69. The van der Waals surface area contributed by atoms with Crippen LogP contribution in [0.25, 0.3) is 6.08 Å². The maximum Gasteiger partial charge on any atom is 0.186 e. The zero-order valence-electron chi connectivity index (χ0n) is 9.86. The summed E-state index contributed by atoms with van der Waals surface area (Å²) in [5.74, 6) is 0.778. The van der Waals surface area contributed by atoms with E-state index in [1.54, 1.807) is 18.3 Å². The van der Waals surface area contributed by atoms with Gasteiger partial charge in [0.25, 0.3) is 0 Å². The molecule has 1 heterocycles. The highest BCUT2D eigenvalue weighted by molar-refractivity contribution is 8.13. The number of aryl methyl sites for hydroxylation is 1. The SMILES string of the molecule is CCCCc1ccsc1C=CCSC(C)=O. The number of hydrogen-bond donors (Lipinski definition) is 0. The number of hydrogen-bond acceptors (Lipinski definition) is 3. The van der Waals surface area contributed by atoms with Crippen LogP contribution in [0.3, 0.4) is 0 Å². The molecule has 0 aliphatic rings. The molecule has 0 spiro atoms.